The summed E-state index contributed by atoms with van der Waals surface area (Å²) >= 11 is 0. The first-order valence-corrected chi connectivity index (χ1v) is 4.92. The van der Waals surface area contributed by atoms with Crippen LogP contribution >= 0.6 is 0 Å². The predicted molar refractivity (Wildman–Crippen MR) is 55.4 cm³/mol. The highest BCUT2D eigenvalue weighted by Crippen LogP contribution is 1.99. The predicted octanol–water partition coefficient (Wildman–Crippen LogP) is 2.22. The van der Waals surface area contributed by atoms with Crippen LogP contribution in [0.3, 0.4) is 0 Å². The molecule has 1 aromatic rings. The Morgan fingerprint density at radius 3 is 3.00 bits per heavy atom. The second-order valence-electron chi connectivity index (χ2n) is 3.51. The Morgan fingerprint density at radius 2 is 2.38 bits per heavy atom. The average Bonchev–Trinajstić information content (AvgIpc) is 2.19. The fraction of sp³-hybridized carbons (Fsp3) is 0.545. The van der Waals surface area contributed by atoms with Crippen molar-refractivity contribution in [1.82, 2.24) is 10.3 Å². The van der Waals surface area contributed by atoms with E-state index in [1.165, 1.54) is 12.0 Å². The van der Waals surface area contributed by atoms with Gasteiger partial charge in [0.05, 0.1) is 0 Å². The maximum absolute atomic E-state index is 4.06. The summed E-state index contributed by atoms with van der Waals surface area (Å²) in [6.07, 6.45) is 4.95. The normalized spacial score (nSPS) is 12.8. The van der Waals surface area contributed by atoms with Crippen molar-refractivity contribution in [3.05, 3.63) is 30.1 Å². The van der Waals surface area contributed by atoms with Gasteiger partial charge >= 0.3 is 0 Å². The molecule has 0 aliphatic rings. The third-order valence-corrected chi connectivity index (χ3v) is 2.24. The van der Waals surface area contributed by atoms with Crippen molar-refractivity contribution in [1.29, 1.82) is 0 Å². The lowest BCUT2D eigenvalue weighted by molar-refractivity contribution is 0.499. The Bertz CT molecular complexity index is 221. The molecule has 0 saturated heterocycles. The molecule has 0 aliphatic heterocycles. The number of aromatic nitrogens is 1. The van der Waals surface area contributed by atoms with Crippen molar-refractivity contribution in [2.75, 3.05) is 6.54 Å². The van der Waals surface area contributed by atoms with Crippen LogP contribution in [0.1, 0.15) is 25.8 Å². The number of nitrogens with one attached hydrogen (secondary N) is 1. The zero-order valence-corrected chi connectivity index (χ0v) is 8.46. The molecule has 1 aromatic heterocycles. The highest BCUT2D eigenvalue weighted by molar-refractivity contribution is 5.07. The molecular formula is C11H18N2. The molecule has 72 valence electrons. The van der Waals surface area contributed by atoms with Gasteiger partial charge in [0.25, 0.3) is 0 Å². The fourth-order valence-corrected chi connectivity index (χ4v) is 1.11. The van der Waals surface area contributed by atoms with Crippen molar-refractivity contribution in [3.8, 4) is 0 Å². The van der Waals surface area contributed by atoms with E-state index in [4.69, 9.17) is 0 Å². The van der Waals surface area contributed by atoms with E-state index in [1.807, 2.05) is 12.3 Å². The molecule has 2 heteroatoms. The van der Waals surface area contributed by atoms with Crippen molar-refractivity contribution in [2.24, 2.45) is 5.92 Å². The van der Waals surface area contributed by atoms with Gasteiger partial charge in [0.2, 0.25) is 0 Å². The van der Waals surface area contributed by atoms with Gasteiger partial charge in [-0.3, -0.25) is 4.98 Å². The van der Waals surface area contributed by atoms with Crippen molar-refractivity contribution in [3.63, 3.8) is 0 Å². The molecule has 1 N–H and O–H groups in total. The Kier molecular flexibility index (Phi) is 4.47. The molecule has 0 spiro atoms. The second kappa shape index (κ2) is 5.70. The minimum absolute atomic E-state index is 0.761. The van der Waals surface area contributed by atoms with Crippen molar-refractivity contribution < 1.29 is 0 Å². The molecule has 2 nitrogen and oxygen atoms in total. The summed E-state index contributed by atoms with van der Waals surface area (Å²) in [5.41, 5.74) is 1.26. The monoisotopic (exact) mass is 178 g/mol. The van der Waals surface area contributed by atoms with Crippen LogP contribution in [0, 0.1) is 5.92 Å². The summed E-state index contributed by atoms with van der Waals surface area (Å²) in [7, 11) is 0. The average molecular weight is 178 g/mol. The van der Waals surface area contributed by atoms with E-state index in [-0.39, 0.29) is 0 Å². The first-order chi connectivity index (χ1) is 6.33. The lowest BCUT2D eigenvalue weighted by Crippen LogP contribution is -2.20. The Morgan fingerprint density at radius 1 is 1.54 bits per heavy atom. The molecule has 0 aliphatic carbocycles. The summed E-state index contributed by atoms with van der Waals surface area (Å²) < 4.78 is 0. The number of rotatable bonds is 5. The molecule has 0 amide bonds. The van der Waals surface area contributed by atoms with Gasteiger partial charge in [0.15, 0.2) is 0 Å². The van der Waals surface area contributed by atoms with Crippen LogP contribution in [0.4, 0.5) is 0 Å². The van der Waals surface area contributed by atoms with Gasteiger partial charge in [0, 0.05) is 18.9 Å². The quantitative estimate of drug-likeness (QED) is 0.747. The molecule has 13 heavy (non-hydrogen) atoms. The van der Waals surface area contributed by atoms with Gasteiger partial charge in [-0.15, -0.1) is 0 Å². The molecule has 0 aromatic carbocycles. The highest BCUT2D eigenvalue weighted by Gasteiger charge is 1.97. The minimum Gasteiger partial charge on any atom is -0.312 e. The highest BCUT2D eigenvalue weighted by atomic mass is 14.9. The minimum atomic E-state index is 0.761. The lowest BCUT2D eigenvalue weighted by atomic mass is 10.1. The van der Waals surface area contributed by atoms with Crippen LogP contribution in [-0.4, -0.2) is 11.5 Å². The topological polar surface area (TPSA) is 24.9 Å². The number of pyridine rings is 1. The maximum atomic E-state index is 4.06. The largest absolute Gasteiger partial charge is 0.312 e. The van der Waals surface area contributed by atoms with Crippen LogP contribution in [-0.2, 0) is 6.54 Å². The molecule has 0 bridgehead atoms. The standard InChI is InChI=1S/C11H18N2/c1-3-10(2)7-13-9-11-5-4-6-12-8-11/h4-6,8,10,13H,3,7,9H2,1-2H3/t10-/m1/s1. The molecular weight excluding hydrogens is 160 g/mol. The molecule has 0 unspecified atom stereocenters. The van der Waals surface area contributed by atoms with Crippen molar-refractivity contribution >= 4 is 0 Å². The van der Waals surface area contributed by atoms with E-state index in [0.29, 0.717) is 0 Å². The van der Waals surface area contributed by atoms with Crippen LogP contribution < -0.4 is 5.32 Å². The zero-order valence-electron chi connectivity index (χ0n) is 8.46. The third kappa shape index (κ3) is 4.04. The first-order valence-electron chi connectivity index (χ1n) is 4.92. The van der Waals surface area contributed by atoms with Gasteiger partial charge in [-0.2, -0.15) is 0 Å². The van der Waals surface area contributed by atoms with Gasteiger partial charge in [-0.05, 0) is 24.1 Å². The molecule has 1 atom stereocenters. The van der Waals surface area contributed by atoms with Crippen LogP contribution in [0.2, 0.25) is 0 Å². The molecule has 0 fully saturated rings. The van der Waals surface area contributed by atoms with Crippen LogP contribution in [0.5, 0.6) is 0 Å². The number of hydrogen-bond donors (Lipinski definition) is 1. The van der Waals surface area contributed by atoms with Gasteiger partial charge in [-0.1, -0.05) is 26.3 Å². The van der Waals surface area contributed by atoms with E-state index in [2.05, 4.69) is 30.2 Å². The van der Waals surface area contributed by atoms with Gasteiger partial charge in [-0.25, -0.2) is 0 Å². The zero-order chi connectivity index (χ0) is 9.52. The van der Waals surface area contributed by atoms with Crippen LogP contribution in [0.15, 0.2) is 24.5 Å². The van der Waals surface area contributed by atoms with E-state index in [1.54, 1.807) is 6.20 Å². The number of hydrogen-bond acceptors (Lipinski definition) is 2. The Labute approximate surface area is 80.4 Å². The number of nitrogens with zero attached hydrogens (tertiary/aromatic N) is 1. The van der Waals surface area contributed by atoms with E-state index >= 15 is 0 Å². The van der Waals surface area contributed by atoms with Gasteiger partial charge in [0.1, 0.15) is 0 Å². The van der Waals surface area contributed by atoms with Crippen molar-refractivity contribution in [2.45, 2.75) is 26.8 Å². The maximum Gasteiger partial charge on any atom is 0.0312 e. The summed E-state index contributed by atoms with van der Waals surface area (Å²) in [4.78, 5) is 4.06. The fourth-order valence-electron chi connectivity index (χ4n) is 1.11. The third-order valence-electron chi connectivity index (χ3n) is 2.24. The summed E-state index contributed by atoms with van der Waals surface area (Å²) in [5.74, 6) is 0.761. The van der Waals surface area contributed by atoms with E-state index < -0.39 is 0 Å². The van der Waals surface area contributed by atoms with Crippen LogP contribution in [0.25, 0.3) is 0 Å². The molecule has 0 radical (unpaired) electrons. The second-order valence-corrected chi connectivity index (χ2v) is 3.51. The molecule has 1 rings (SSSR count). The summed E-state index contributed by atoms with van der Waals surface area (Å²) in [5, 5.41) is 3.41. The molecule has 0 saturated carbocycles. The SMILES string of the molecule is CC[C@@H](C)CNCc1cccnc1. The Hall–Kier alpha value is -0.890. The summed E-state index contributed by atoms with van der Waals surface area (Å²) in [6, 6.07) is 4.07. The summed E-state index contributed by atoms with van der Waals surface area (Å²) in [6.45, 7) is 6.50. The van der Waals surface area contributed by atoms with Gasteiger partial charge < -0.3 is 5.32 Å². The van der Waals surface area contributed by atoms with E-state index in [0.717, 1.165) is 19.0 Å². The smallest absolute Gasteiger partial charge is 0.0312 e. The Balaban J connectivity index is 2.20. The molecule has 1 heterocycles. The lowest BCUT2D eigenvalue weighted by Gasteiger charge is -2.09. The first kappa shape index (κ1) is 10.2. The van der Waals surface area contributed by atoms with E-state index in [9.17, 15) is 0 Å².